The number of benzene rings is 2. The van der Waals surface area contributed by atoms with Crippen molar-refractivity contribution < 1.29 is 17.9 Å². The number of nitrogens with zero attached hydrogens (tertiary/aromatic N) is 2. The van der Waals surface area contributed by atoms with Crippen molar-refractivity contribution in [3.63, 3.8) is 0 Å². The Labute approximate surface area is 205 Å². The summed E-state index contributed by atoms with van der Waals surface area (Å²) in [6.45, 7) is 4.61. The lowest BCUT2D eigenvalue weighted by Gasteiger charge is -2.38. The summed E-state index contributed by atoms with van der Waals surface area (Å²) in [5.74, 6) is 0.397. The quantitative estimate of drug-likeness (QED) is 0.454. The van der Waals surface area contributed by atoms with Gasteiger partial charge >= 0.3 is 0 Å². The van der Waals surface area contributed by atoms with Crippen molar-refractivity contribution >= 4 is 27.3 Å². The summed E-state index contributed by atoms with van der Waals surface area (Å²) in [4.78, 5) is 17.0. The van der Waals surface area contributed by atoms with E-state index in [1.807, 2.05) is 24.0 Å². The number of thiophene rings is 1. The zero-order chi connectivity index (χ0) is 24.3. The van der Waals surface area contributed by atoms with E-state index in [2.05, 4.69) is 30.5 Å². The van der Waals surface area contributed by atoms with Crippen LogP contribution in [0.25, 0.3) is 0 Å². The van der Waals surface area contributed by atoms with Gasteiger partial charge in [0.15, 0.2) is 0 Å². The van der Waals surface area contributed by atoms with Crippen molar-refractivity contribution in [3.05, 3.63) is 81.5 Å². The zero-order valence-corrected chi connectivity index (χ0v) is 21.4. The van der Waals surface area contributed by atoms with Gasteiger partial charge < -0.3 is 9.64 Å². The van der Waals surface area contributed by atoms with Gasteiger partial charge in [-0.05, 0) is 72.2 Å². The van der Waals surface area contributed by atoms with Crippen molar-refractivity contribution in [3.8, 4) is 5.75 Å². The minimum atomic E-state index is -3.83. The van der Waals surface area contributed by atoms with Gasteiger partial charge in [0.05, 0.1) is 24.6 Å². The molecule has 180 valence electrons. The van der Waals surface area contributed by atoms with E-state index in [1.165, 1.54) is 28.4 Å². The number of fused-ring (bicyclic) bond motifs is 1. The van der Waals surface area contributed by atoms with Crippen molar-refractivity contribution in [2.45, 2.75) is 37.6 Å². The molecule has 1 amide bonds. The van der Waals surface area contributed by atoms with Crippen molar-refractivity contribution in [1.82, 2.24) is 9.21 Å². The van der Waals surface area contributed by atoms with E-state index in [0.29, 0.717) is 18.7 Å². The van der Waals surface area contributed by atoms with Gasteiger partial charge in [0, 0.05) is 18.0 Å². The van der Waals surface area contributed by atoms with E-state index in [0.717, 1.165) is 23.1 Å². The summed E-state index contributed by atoms with van der Waals surface area (Å²) in [6.07, 6.45) is 1.39. The summed E-state index contributed by atoms with van der Waals surface area (Å²) in [5, 5.41) is 2.07. The average molecular weight is 499 g/mol. The van der Waals surface area contributed by atoms with Crippen molar-refractivity contribution in [2.75, 3.05) is 26.7 Å². The van der Waals surface area contributed by atoms with E-state index in [4.69, 9.17) is 4.74 Å². The van der Waals surface area contributed by atoms with Crippen LogP contribution >= 0.6 is 11.3 Å². The van der Waals surface area contributed by atoms with Gasteiger partial charge in [-0.3, -0.25) is 4.79 Å². The van der Waals surface area contributed by atoms with Gasteiger partial charge in [0.25, 0.3) is 0 Å². The number of methoxy groups -OCH3 is 1. The third kappa shape index (κ3) is 4.76. The topological polar surface area (TPSA) is 66.9 Å². The molecule has 6 nitrogen and oxygen atoms in total. The summed E-state index contributed by atoms with van der Waals surface area (Å²) in [5.41, 5.74) is 3.33. The average Bonchev–Trinajstić information content (AvgIpc) is 3.32. The number of carbonyl (C=O) groups excluding carboxylic acids is 1. The second-order valence-corrected chi connectivity index (χ2v) is 11.3. The summed E-state index contributed by atoms with van der Waals surface area (Å²) < 4.78 is 33.3. The van der Waals surface area contributed by atoms with E-state index < -0.39 is 10.0 Å². The van der Waals surface area contributed by atoms with Crippen LogP contribution in [0.3, 0.4) is 0 Å². The predicted molar refractivity (Wildman–Crippen MR) is 135 cm³/mol. The first-order chi connectivity index (χ1) is 16.4. The van der Waals surface area contributed by atoms with E-state index in [-0.39, 0.29) is 29.9 Å². The molecule has 1 aliphatic rings. The fraction of sp³-hybridized carbons (Fsp3) is 0.346. The number of hydrogen-bond donors (Lipinski definition) is 0. The molecule has 4 rings (SSSR count). The highest BCUT2D eigenvalue weighted by molar-refractivity contribution is 7.89. The first-order valence-corrected chi connectivity index (χ1v) is 13.7. The van der Waals surface area contributed by atoms with Crippen LogP contribution in [0.4, 0.5) is 0 Å². The van der Waals surface area contributed by atoms with Crippen LogP contribution in [0.5, 0.6) is 5.75 Å². The van der Waals surface area contributed by atoms with E-state index >= 15 is 0 Å². The van der Waals surface area contributed by atoms with Crippen LogP contribution in [0.2, 0.25) is 0 Å². The number of amides is 1. The molecule has 8 heteroatoms. The van der Waals surface area contributed by atoms with Crippen LogP contribution in [0.1, 0.15) is 41.0 Å². The highest BCUT2D eigenvalue weighted by Crippen LogP contribution is 2.39. The molecule has 2 heterocycles. The first kappa shape index (κ1) is 24.4. The van der Waals surface area contributed by atoms with Crippen LogP contribution in [-0.4, -0.2) is 50.3 Å². The highest BCUT2D eigenvalue weighted by atomic mass is 32.2. The number of aryl methyl sites for hydroxylation is 1. The fourth-order valence-corrected chi connectivity index (χ4v) is 6.87. The Morgan fingerprint density at radius 2 is 1.85 bits per heavy atom. The molecule has 0 radical (unpaired) electrons. The number of ether oxygens (including phenoxy) is 1. The standard InChI is InChI=1S/C26H30N2O4S2/c1-4-15-27(34(30,31)21-11-9-20(32-3)10-12-21)18-25(29)28-16-13-24-23(14-17-33-24)26(28)22-8-6-5-7-19(22)2/h5-12,14,17,26H,4,13,15-16,18H2,1-3H3. The monoisotopic (exact) mass is 498 g/mol. The third-order valence-electron chi connectivity index (χ3n) is 6.25. The maximum absolute atomic E-state index is 13.7. The molecule has 0 fully saturated rings. The Morgan fingerprint density at radius 3 is 2.53 bits per heavy atom. The van der Waals surface area contributed by atoms with Crippen molar-refractivity contribution in [1.29, 1.82) is 0 Å². The van der Waals surface area contributed by atoms with Gasteiger partial charge in [-0.25, -0.2) is 8.42 Å². The Hall–Kier alpha value is -2.68. The predicted octanol–water partition coefficient (Wildman–Crippen LogP) is 4.64. The molecule has 1 unspecified atom stereocenters. The lowest BCUT2D eigenvalue weighted by atomic mass is 9.90. The molecule has 1 aromatic heterocycles. The van der Waals surface area contributed by atoms with Gasteiger partial charge in [-0.2, -0.15) is 4.31 Å². The Balaban J connectivity index is 1.65. The van der Waals surface area contributed by atoms with Crippen molar-refractivity contribution in [2.24, 2.45) is 0 Å². The van der Waals surface area contributed by atoms with E-state index in [1.54, 1.807) is 23.5 Å². The number of hydrogen-bond acceptors (Lipinski definition) is 5. The van der Waals surface area contributed by atoms with Crippen LogP contribution < -0.4 is 4.74 Å². The smallest absolute Gasteiger partial charge is 0.243 e. The Morgan fingerprint density at radius 1 is 1.12 bits per heavy atom. The molecule has 1 aliphatic heterocycles. The van der Waals surface area contributed by atoms with Gasteiger partial charge in [-0.15, -0.1) is 11.3 Å². The molecule has 3 aromatic rings. The summed E-state index contributed by atoms with van der Waals surface area (Å²) >= 11 is 1.72. The molecule has 0 saturated heterocycles. The molecule has 0 aliphatic carbocycles. The Kier molecular flexibility index (Phi) is 7.40. The first-order valence-electron chi connectivity index (χ1n) is 11.4. The summed E-state index contributed by atoms with van der Waals surface area (Å²) in [7, 11) is -2.29. The lowest BCUT2D eigenvalue weighted by molar-refractivity contribution is -0.133. The van der Waals surface area contributed by atoms with Gasteiger partial charge in [-0.1, -0.05) is 31.2 Å². The van der Waals surface area contributed by atoms with Crippen LogP contribution in [-0.2, 0) is 21.2 Å². The molecule has 2 aromatic carbocycles. The zero-order valence-electron chi connectivity index (χ0n) is 19.7. The normalized spacial score (nSPS) is 15.9. The third-order valence-corrected chi connectivity index (χ3v) is 9.11. The van der Waals surface area contributed by atoms with Gasteiger partial charge in [0.1, 0.15) is 5.75 Å². The second-order valence-electron chi connectivity index (χ2n) is 8.41. The van der Waals surface area contributed by atoms with Crippen LogP contribution in [0, 0.1) is 6.92 Å². The van der Waals surface area contributed by atoms with Crippen LogP contribution in [0.15, 0.2) is 64.9 Å². The second kappa shape index (κ2) is 10.3. The van der Waals surface area contributed by atoms with Gasteiger partial charge in [0.2, 0.25) is 15.9 Å². The summed E-state index contributed by atoms with van der Waals surface area (Å²) in [6, 6.07) is 16.3. The minimum absolute atomic E-state index is 0.156. The largest absolute Gasteiger partial charge is 0.497 e. The number of sulfonamides is 1. The molecule has 0 N–H and O–H groups in total. The molecule has 0 bridgehead atoms. The van der Waals surface area contributed by atoms with E-state index in [9.17, 15) is 13.2 Å². The molecule has 0 saturated carbocycles. The maximum atomic E-state index is 13.7. The number of rotatable bonds is 8. The highest BCUT2D eigenvalue weighted by Gasteiger charge is 2.36. The fourth-order valence-electron chi connectivity index (χ4n) is 4.49. The lowest BCUT2D eigenvalue weighted by Crippen LogP contribution is -2.47. The molecule has 0 spiro atoms. The molecular weight excluding hydrogens is 468 g/mol. The molecule has 1 atom stereocenters. The molecular formula is C26H30N2O4S2. The minimum Gasteiger partial charge on any atom is -0.497 e. The maximum Gasteiger partial charge on any atom is 0.243 e. The SMILES string of the molecule is CCCN(CC(=O)N1CCc2sccc2C1c1ccccc1C)S(=O)(=O)c1ccc(OC)cc1. The number of carbonyl (C=O) groups is 1. The molecule has 34 heavy (non-hydrogen) atoms. The Bertz CT molecular complexity index is 1250.